The summed E-state index contributed by atoms with van der Waals surface area (Å²) in [5, 5.41) is 1.26. The van der Waals surface area contributed by atoms with Gasteiger partial charge in [-0.2, -0.15) is 0 Å². The smallest absolute Gasteiger partial charge is 0.0865 e. The molecule has 0 saturated heterocycles. The molecule has 0 amide bonds. The summed E-state index contributed by atoms with van der Waals surface area (Å²) in [5.74, 6) is 0. The van der Waals surface area contributed by atoms with Gasteiger partial charge >= 0.3 is 0 Å². The molecule has 0 spiro atoms. The van der Waals surface area contributed by atoms with E-state index in [2.05, 4.69) is 53.4 Å². The van der Waals surface area contributed by atoms with Crippen LogP contribution >= 0.6 is 0 Å². The van der Waals surface area contributed by atoms with Crippen LogP contribution in [0.25, 0.3) is 0 Å². The highest BCUT2D eigenvalue weighted by molar-refractivity contribution is 5.65. The Balaban J connectivity index is 2.93. The van der Waals surface area contributed by atoms with Crippen LogP contribution in [0.2, 0.25) is 0 Å². The minimum atomic E-state index is 0.448. The van der Waals surface area contributed by atoms with Gasteiger partial charge in [-0.05, 0) is 48.0 Å². The minimum absolute atomic E-state index is 0.448. The first-order valence-corrected chi connectivity index (χ1v) is 6.47. The fourth-order valence-electron chi connectivity index (χ4n) is 2.15. The van der Waals surface area contributed by atoms with Crippen molar-refractivity contribution in [2.24, 2.45) is 4.99 Å². The molecule has 1 rings (SSSR count). The van der Waals surface area contributed by atoms with E-state index < -0.39 is 0 Å². The maximum absolute atomic E-state index is 4.76. The Hall–Kier alpha value is -0.790. The first-order chi connectivity index (χ1) is 7.40. The lowest BCUT2D eigenvalue weighted by atomic mass is 10.2. The third kappa shape index (κ3) is 2.66. The summed E-state index contributed by atoms with van der Waals surface area (Å²) in [4.78, 5) is 7.22. The Morgan fingerprint density at radius 2 is 1.56 bits per heavy atom. The maximum Gasteiger partial charge on any atom is 0.0865 e. The van der Waals surface area contributed by atoms with E-state index in [1.807, 2.05) is 0 Å². The quantitative estimate of drug-likeness (QED) is 0.747. The van der Waals surface area contributed by atoms with Crippen molar-refractivity contribution < 1.29 is 0 Å². The van der Waals surface area contributed by atoms with Crippen LogP contribution in [0, 0.1) is 6.92 Å². The topological polar surface area (TPSA) is 15.6 Å². The Labute approximate surface area is 100 Å². The van der Waals surface area contributed by atoms with Gasteiger partial charge in [0.1, 0.15) is 0 Å². The molecule has 0 aromatic heterocycles. The van der Waals surface area contributed by atoms with Crippen LogP contribution in [0.1, 0.15) is 53.5 Å². The van der Waals surface area contributed by atoms with Crippen LogP contribution < -0.4 is 10.3 Å². The molecular formula is C14H26N2. The molecule has 1 aromatic rings. The lowest BCUT2D eigenvalue weighted by molar-refractivity contribution is 0.610. The molecule has 0 heterocycles. The van der Waals surface area contributed by atoms with Gasteiger partial charge in [-0.1, -0.05) is 6.92 Å². The first kappa shape index (κ1) is 13.3. The molecule has 1 atom stereocenters. The summed E-state index contributed by atoms with van der Waals surface area (Å²) in [6.07, 6.45) is 1.12. The Morgan fingerprint density at radius 1 is 1.06 bits per heavy atom. The van der Waals surface area contributed by atoms with Gasteiger partial charge in [-0.15, -0.1) is 0 Å². The lowest BCUT2D eigenvalue weighted by Gasteiger charge is -2.29. The molecule has 0 unspecified atom stereocenters. The molecule has 0 aliphatic carbocycles. The molecule has 0 aliphatic rings. The zero-order chi connectivity index (χ0) is 12.5. The first-order valence-electron chi connectivity index (χ1n) is 6.47. The van der Waals surface area contributed by atoms with E-state index in [1.165, 1.54) is 16.6 Å². The number of anilines is 1. The fourth-order valence-corrected chi connectivity index (χ4v) is 2.15. The maximum atomic E-state index is 4.76. The summed E-state index contributed by atoms with van der Waals surface area (Å²) in [7, 11) is 0. The largest absolute Gasteiger partial charge is 0.365 e. The molecule has 2 nitrogen and oxygen atoms in total. The van der Waals surface area contributed by atoms with Crippen molar-refractivity contribution >= 4 is 5.69 Å². The van der Waals surface area contributed by atoms with Crippen LogP contribution in [0.5, 0.6) is 0 Å². The van der Waals surface area contributed by atoms with E-state index in [0.717, 1.165) is 6.42 Å². The second-order valence-corrected chi connectivity index (χ2v) is 5.30. The molecule has 0 radical (unpaired) electrons. The third-order valence-corrected chi connectivity index (χ3v) is 3.18. The molecule has 2 heteroatoms. The molecule has 0 N–H and O–H groups in total. The Morgan fingerprint density at radius 3 is 1.94 bits per heavy atom. The average molecular weight is 222 g/mol. The van der Waals surface area contributed by atoms with Crippen molar-refractivity contribution in [1.29, 1.82) is 0 Å². The zero-order valence-corrected chi connectivity index (χ0v) is 11.8. The van der Waals surface area contributed by atoms with Gasteiger partial charge in [0.2, 0.25) is 0 Å². The molecule has 0 saturated carbocycles. The molecule has 0 aliphatic heterocycles. The van der Waals surface area contributed by atoms with Gasteiger partial charge in [0.25, 0.3) is 0 Å². The molecule has 1 aromatic carbocycles. The second kappa shape index (κ2) is 5.03. The van der Waals surface area contributed by atoms with Gasteiger partial charge < -0.3 is 4.90 Å². The van der Waals surface area contributed by atoms with E-state index in [0.29, 0.717) is 18.1 Å². The average Bonchev–Trinajstić information content (AvgIpc) is 2.76. The van der Waals surface area contributed by atoms with E-state index in [9.17, 15) is 0 Å². The van der Waals surface area contributed by atoms with Crippen molar-refractivity contribution in [3.8, 4) is 0 Å². The summed E-state index contributed by atoms with van der Waals surface area (Å²) in [5.41, 5.74) is 2.79. The number of hydrogen-bond acceptors (Lipinski definition) is 2. The summed E-state index contributed by atoms with van der Waals surface area (Å²) >= 11 is 0. The third-order valence-electron chi connectivity index (χ3n) is 3.18. The van der Waals surface area contributed by atoms with Gasteiger partial charge in [0.15, 0.2) is 0 Å². The minimum Gasteiger partial charge on any atom is -0.365 e. The van der Waals surface area contributed by atoms with Gasteiger partial charge in [-0.3, -0.25) is 4.99 Å². The van der Waals surface area contributed by atoms with E-state index in [1.54, 1.807) is 0 Å². The summed E-state index contributed by atoms with van der Waals surface area (Å²) < 4.78 is 0. The zero-order valence-electron chi connectivity index (χ0n) is 11.8. The van der Waals surface area contributed by atoms with Crippen LogP contribution in [-0.2, 0) is 0 Å². The van der Waals surface area contributed by atoms with Gasteiger partial charge in [0, 0.05) is 23.7 Å². The fraction of sp³-hybridized carbons (Fsp3) is 0.786. The summed E-state index contributed by atoms with van der Waals surface area (Å²) in [6, 6.07) is 1.55. The van der Waals surface area contributed by atoms with Gasteiger partial charge in [-0.25, -0.2) is 0 Å². The van der Waals surface area contributed by atoms with E-state index in [4.69, 9.17) is 4.99 Å². The second-order valence-electron chi connectivity index (χ2n) is 5.30. The molecular weight excluding hydrogens is 196 g/mol. The van der Waals surface area contributed by atoms with Crippen molar-refractivity contribution in [2.45, 2.75) is 73.0 Å². The molecule has 0 bridgehead atoms. The van der Waals surface area contributed by atoms with Crippen LogP contribution in [0.3, 0.4) is 0 Å². The highest BCUT2D eigenvalue weighted by Gasteiger charge is 2.26. The highest BCUT2D eigenvalue weighted by atomic mass is 15.2. The molecule has 92 valence electrons. The predicted octanol–water partition coefficient (Wildman–Crippen LogP) is 3.19. The monoisotopic (exact) mass is 222 g/mol. The summed E-state index contributed by atoms with van der Waals surface area (Å²) in [6.45, 7) is 15.6. The molecule has 16 heavy (non-hydrogen) atoms. The predicted molar refractivity (Wildman–Crippen MR) is 71.6 cm³/mol. The number of rotatable bonds is 5. The van der Waals surface area contributed by atoms with Gasteiger partial charge in [0.05, 0.1) is 11.0 Å². The normalized spacial score (nSPS) is 15.4. The standard InChI is InChI=1S/C14H26N2/c1-8-11(6)15-13-12(7)14(13)16(9(2)3)10(4)5/h9-11H,8H2,1-7H3/t11-/m0/s1. The van der Waals surface area contributed by atoms with E-state index >= 15 is 0 Å². The van der Waals surface area contributed by atoms with Crippen molar-refractivity contribution in [1.82, 2.24) is 0 Å². The van der Waals surface area contributed by atoms with Crippen LogP contribution in [0.15, 0.2) is 4.99 Å². The van der Waals surface area contributed by atoms with Crippen molar-refractivity contribution in [3.05, 3.63) is 10.9 Å². The van der Waals surface area contributed by atoms with Crippen molar-refractivity contribution in [2.75, 3.05) is 4.90 Å². The number of nitrogens with zero attached hydrogens (tertiary/aromatic N) is 2. The Kier molecular flexibility index (Phi) is 4.17. The van der Waals surface area contributed by atoms with E-state index in [-0.39, 0.29) is 0 Å². The highest BCUT2D eigenvalue weighted by Crippen LogP contribution is 2.26. The lowest BCUT2D eigenvalue weighted by Crippen LogP contribution is -2.36. The van der Waals surface area contributed by atoms with Crippen LogP contribution in [0.4, 0.5) is 5.69 Å². The van der Waals surface area contributed by atoms with Crippen LogP contribution in [-0.4, -0.2) is 18.1 Å². The van der Waals surface area contributed by atoms with Crippen molar-refractivity contribution in [3.63, 3.8) is 0 Å². The number of hydrogen-bond donors (Lipinski definition) is 0. The SMILES string of the molecule is CC[C@H](C)N=c1c(C)c1N(C(C)C)C(C)C. The molecule has 0 fully saturated rings. The Bertz CT molecular complexity index is 346.